The Bertz CT molecular complexity index is 1820. The lowest BCUT2D eigenvalue weighted by atomic mass is 9.94. The van der Waals surface area contributed by atoms with Crippen molar-refractivity contribution in [2.75, 3.05) is 0 Å². The fourth-order valence-electron chi connectivity index (χ4n) is 4.91. The van der Waals surface area contributed by atoms with Gasteiger partial charge in [0.15, 0.2) is 0 Å². The highest BCUT2D eigenvalue weighted by atomic mass is 35.5. The number of hydrogen-bond donors (Lipinski definition) is 0. The first kappa shape index (κ1) is 18.6. The molecule has 7 aromatic rings. The van der Waals surface area contributed by atoms with E-state index in [2.05, 4.69) is 54.6 Å². The van der Waals surface area contributed by atoms with Crippen LogP contribution in [0.4, 0.5) is 0 Å². The van der Waals surface area contributed by atoms with Crippen molar-refractivity contribution in [1.82, 2.24) is 0 Å². The standard InChI is InChI=1S/C30H17ClO2/c31-23-11-6-14-27-30(23)29-21(10-5-13-26(29)33-27)20-9-4-12-25-28(20)22-17-19(15-16-24(22)32-25)18-7-2-1-3-8-18/h1-17H. The highest BCUT2D eigenvalue weighted by Crippen LogP contribution is 2.44. The van der Waals surface area contributed by atoms with Crippen molar-refractivity contribution < 1.29 is 8.83 Å². The maximum absolute atomic E-state index is 6.64. The van der Waals surface area contributed by atoms with Gasteiger partial charge in [-0.05, 0) is 58.7 Å². The van der Waals surface area contributed by atoms with Crippen LogP contribution in [-0.2, 0) is 0 Å². The molecule has 2 nitrogen and oxygen atoms in total. The molecule has 33 heavy (non-hydrogen) atoms. The first-order valence-corrected chi connectivity index (χ1v) is 11.3. The summed E-state index contributed by atoms with van der Waals surface area (Å²) in [6, 6.07) is 35.0. The molecule has 0 atom stereocenters. The second-order valence-corrected chi connectivity index (χ2v) is 8.66. The van der Waals surface area contributed by atoms with Crippen LogP contribution in [0.5, 0.6) is 0 Å². The van der Waals surface area contributed by atoms with Crippen LogP contribution in [0.15, 0.2) is 112 Å². The van der Waals surface area contributed by atoms with Crippen LogP contribution in [0.1, 0.15) is 0 Å². The molecule has 3 heteroatoms. The summed E-state index contributed by atoms with van der Waals surface area (Å²) in [5.74, 6) is 0. The van der Waals surface area contributed by atoms with E-state index in [9.17, 15) is 0 Å². The molecular formula is C30H17ClO2. The lowest BCUT2D eigenvalue weighted by Gasteiger charge is -2.07. The summed E-state index contributed by atoms with van der Waals surface area (Å²) in [6.07, 6.45) is 0. The molecule has 0 N–H and O–H groups in total. The molecule has 0 amide bonds. The smallest absolute Gasteiger partial charge is 0.136 e. The van der Waals surface area contributed by atoms with Gasteiger partial charge >= 0.3 is 0 Å². The van der Waals surface area contributed by atoms with E-state index < -0.39 is 0 Å². The maximum atomic E-state index is 6.64. The topological polar surface area (TPSA) is 26.3 Å². The Morgan fingerprint density at radius 1 is 0.455 bits per heavy atom. The molecule has 0 spiro atoms. The largest absolute Gasteiger partial charge is 0.456 e. The Kier molecular flexibility index (Phi) is 3.93. The van der Waals surface area contributed by atoms with Crippen molar-refractivity contribution in [2.24, 2.45) is 0 Å². The second-order valence-electron chi connectivity index (χ2n) is 8.25. The highest BCUT2D eigenvalue weighted by molar-refractivity contribution is 6.38. The van der Waals surface area contributed by atoms with Gasteiger partial charge in [0.1, 0.15) is 22.3 Å². The maximum Gasteiger partial charge on any atom is 0.136 e. The molecule has 0 saturated carbocycles. The number of furan rings is 2. The Morgan fingerprint density at radius 2 is 1.09 bits per heavy atom. The molecule has 0 aliphatic carbocycles. The third kappa shape index (κ3) is 2.75. The molecule has 5 aromatic carbocycles. The summed E-state index contributed by atoms with van der Waals surface area (Å²) in [7, 11) is 0. The van der Waals surface area contributed by atoms with E-state index in [0.717, 1.165) is 60.6 Å². The minimum absolute atomic E-state index is 0.689. The molecule has 2 heterocycles. The van der Waals surface area contributed by atoms with Crippen molar-refractivity contribution in [3.05, 3.63) is 108 Å². The van der Waals surface area contributed by atoms with Gasteiger partial charge in [-0.3, -0.25) is 0 Å². The van der Waals surface area contributed by atoms with Crippen LogP contribution in [0, 0.1) is 0 Å². The lowest BCUT2D eigenvalue weighted by Crippen LogP contribution is -1.82. The first-order valence-electron chi connectivity index (χ1n) is 10.9. The van der Waals surface area contributed by atoms with E-state index in [1.807, 2.05) is 48.5 Å². The number of halogens is 1. The Balaban J connectivity index is 1.59. The molecule has 0 unspecified atom stereocenters. The number of hydrogen-bond acceptors (Lipinski definition) is 2. The molecule has 0 bridgehead atoms. The summed E-state index contributed by atoms with van der Waals surface area (Å²) in [5, 5.41) is 4.85. The van der Waals surface area contributed by atoms with Crippen LogP contribution in [-0.4, -0.2) is 0 Å². The predicted octanol–water partition coefficient (Wildman–Crippen LogP) is 9.47. The lowest BCUT2D eigenvalue weighted by molar-refractivity contribution is 0.668. The van der Waals surface area contributed by atoms with Gasteiger partial charge in [-0.2, -0.15) is 0 Å². The average Bonchev–Trinajstić information content (AvgIpc) is 3.43. The van der Waals surface area contributed by atoms with Crippen molar-refractivity contribution in [3.8, 4) is 22.3 Å². The van der Waals surface area contributed by atoms with Gasteiger partial charge < -0.3 is 8.83 Å². The van der Waals surface area contributed by atoms with Crippen LogP contribution < -0.4 is 0 Å². The zero-order chi connectivity index (χ0) is 21.9. The van der Waals surface area contributed by atoms with E-state index >= 15 is 0 Å². The summed E-state index contributed by atoms with van der Waals surface area (Å²) in [4.78, 5) is 0. The zero-order valence-electron chi connectivity index (χ0n) is 17.5. The summed E-state index contributed by atoms with van der Waals surface area (Å²) >= 11 is 6.64. The second kappa shape index (κ2) is 6.99. The SMILES string of the molecule is Clc1cccc2oc3cccc(-c4cccc5oc6ccc(-c7ccccc7)cc6c45)c3c12. The van der Waals surface area contributed by atoms with E-state index in [0.29, 0.717) is 5.02 Å². The molecule has 0 aliphatic rings. The Labute approximate surface area is 194 Å². The minimum atomic E-state index is 0.689. The van der Waals surface area contributed by atoms with Gasteiger partial charge in [-0.15, -0.1) is 0 Å². The predicted molar refractivity (Wildman–Crippen MR) is 137 cm³/mol. The number of benzene rings is 5. The first-order chi connectivity index (χ1) is 16.3. The van der Waals surface area contributed by atoms with E-state index in [1.165, 1.54) is 5.56 Å². The third-order valence-electron chi connectivity index (χ3n) is 6.36. The molecule has 156 valence electrons. The van der Waals surface area contributed by atoms with Crippen molar-refractivity contribution >= 4 is 55.5 Å². The zero-order valence-corrected chi connectivity index (χ0v) is 18.3. The molecule has 2 aromatic heterocycles. The fourth-order valence-corrected chi connectivity index (χ4v) is 5.17. The van der Waals surface area contributed by atoms with Crippen LogP contribution in [0.2, 0.25) is 5.02 Å². The van der Waals surface area contributed by atoms with Gasteiger partial charge in [0.05, 0.1) is 5.02 Å². The van der Waals surface area contributed by atoms with E-state index in [-0.39, 0.29) is 0 Å². The quantitative estimate of drug-likeness (QED) is 0.265. The Morgan fingerprint density at radius 3 is 1.88 bits per heavy atom. The monoisotopic (exact) mass is 444 g/mol. The Hall–Kier alpha value is -4.01. The summed E-state index contributed by atoms with van der Waals surface area (Å²) in [5.41, 5.74) is 7.88. The third-order valence-corrected chi connectivity index (χ3v) is 6.68. The highest BCUT2D eigenvalue weighted by Gasteiger charge is 2.19. The fraction of sp³-hybridized carbons (Fsp3) is 0. The molecule has 0 radical (unpaired) electrons. The summed E-state index contributed by atoms with van der Waals surface area (Å²) < 4.78 is 12.4. The molecule has 7 rings (SSSR count). The van der Waals surface area contributed by atoms with Crippen molar-refractivity contribution in [3.63, 3.8) is 0 Å². The summed E-state index contributed by atoms with van der Waals surface area (Å²) in [6.45, 7) is 0. The minimum Gasteiger partial charge on any atom is -0.456 e. The van der Waals surface area contributed by atoms with E-state index in [1.54, 1.807) is 0 Å². The molecular weight excluding hydrogens is 428 g/mol. The van der Waals surface area contributed by atoms with Crippen LogP contribution >= 0.6 is 11.6 Å². The number of rotatable bonds is 2. The molecule has 0 fully saturated rings. The van der Waals surface area contributed by atoms with Gasteiger partial charge in [-0.25, -0.2) is 0 Å². The van der Waals surface area contributed by atoms with E-state index in [4.69, 9.17) is 20.4 Å². The average molecular weight is 445 g/mol. The molecule has 0 saturated heterocycles. The normalized spacial score (nSPS) is 11.8. The number of fused-ring (bicyclic) bond motifs is 6. The van der Waals surface area contributed by atoms with Crippen LogP contribution in [0.3, 0.4) is 0 Å². The van der Waals surface area contributed by atoms with Crippen LogP contribution in [0.25, 0.3) is 66.1 Å². The van der Waals surface area contributed by atoms with Gasteiger partial charge in [0.2, 0.25) is 0 Å². The van der Waals surface area contributed by atoms with Gasteiger partial charge in [-0.1, -0.05) is 78.3 Å². The van der Waals surface area contributed by atoms with Crippen molar-refractivity contribution in [1.29, 1.82) is 0 Å². The van der Waals surface area contributed by atoms with Crippen molar-refractivity contribution in [2.45, 2.75) is 0 Å². The molecule has 0 aliphatic heterocycles. The van der Waals surface area contributed by atoms with Gasteiger partial charge in [0.25, 0.3) is 0 Å². The van der Waals surface area contributed by atoms with Gasteiger partial charge in [0, 0.05) is 21.5 Å².